The first kappa shape index (κ1) is 15.4. The van der Waals surface area contributed by atoms with E-state index in [1.165, 1.54) is 11.3 Å². The van der Waals surface area contributed by atoms with Crippen molar-refractivity contribution in [3.63, 3.8) is 0 Å². The lowest BCUT2D eigenvalue weighted by Gasteiger charge is -2.18. The second-order valence-electron chi connectivity index (χ2n) is 4.29. The van der Waals surface area contributed by atoms with E-state index in [1.807, 2.05) is 19.2 Å². The number of aromatic nitrogens is 1. The molecule has 2 atom stereocenters. The minimum Gasteiger partial charge on any atom is -0.481 e. The molecular weight excluding hydrogens is 266 g/mol. The number of carbonyl (C=O) groups excluding carboxylic acids is 1. The lowest BCUT2D eigenvalue weighted by Crippen LogP contribution is -2.43. The van der Waals surface area contributed by atoms with Crippen molar-refractivity contribution in [3.05, 3.63) is 16.6 Å². The largest absolute Gasteiger partial charge is 0.481 e. The van der Waals surface area contributed by atoms with Crippen LogP contribution in [0.3, 0.4) is 0 Å². The Labute approximate surface area is 116 Å². The van der Waals surface area contributed by atoms with E-state index in [9.17, 15) is 9.59 Å². The van der Waals surface area contributed by atoms with Crippen LogP contribution < -0.4 is 10.6 Å². The Bertz CT molecular complexity index is 408. The number of rotatable bonds is 7. The van der Waals surface area contributed by atoms with Gasteiger partial charge < -0.3 is 15.7 Å². The highest BCUT2D eigenvalue weighted by atomic mass is 32.1. The Kier molecular flexibility index (Phi) is 6.27. The first-order valence-electron chi connectivity index (χ1n) is 6.21. The number of carbonyl (C=O) groups is 2. The topological polar surface area (TPSA) is 91.3 Å². The van der Waals surface area contributed by atoms with Crippen LogP contribution in [0, 0.1) is 0 Å². The van der Waals surface area contributed by atoms with Crippen LogP contribution in [0.2, 0.25) is 0 Å². The third-order valence-corrected chi connectivity index (χ3v) is 3.52. The van der Waals surface area contributed by atoms with Crippen LogP contribution in [-0.2, 0) is 4.79 Å². The zero-order valence-corrected chi connectivity index (χ0v) is 11.9. The molecule has 0 bridgehead atoms. The van der Waals surface area contributed by atoms with E-state index in [4.69, 9.17) is 5.11 Å². The average molecular weight is 285 g/mol. The maximum Gasteiger partial charge on any atom is 0.315 e. The molecule has 19 heavy (non-hydrogen) atoms. The Balaban J connectivity index is 2.45. The van der Waals surface area contributed by atoms with Gasteiger partial charge in [-0.25, -0.2) is 9.78 Å². The molecule has 0 aromatic carbocycles. The zero-order chi connectivity index (χ0) is 14.3. The SMILES string of the molecule is CCCC(CC(=O)O)NC(=O)NC(C)c1nccs1. The molecule has 3 N–H and O–H groups in total. The van der Waals surface area contributed by atoms with E-state index in [1.54, 1.807) is 6.20 Å². The second-order valence-corrected chi connectivity index (χ2v) is 5.22. The Morgan fingerprint density at radius 2 is 2.21 bits per heavy atom. The molecule has 2 unspecified atom stereocenters. The number of carboxylic acids is 1. The fourth-order valence-electron chi connectivity index (χ4n) is 1.72. The quantitative estimate of drug-likeness (QED) is 0.716. The van der Waals surface area contributed by atoms with Gasteiger partial charge in [0.05, 0.1) is 12.5 Å². The molecule has 0 spiro atoms. The number of urea groups is 1. The summed E-state index contributed by atoms with van der Waals surface area (Å²) >= 11 is 1.47. The number of thiazole rings is 1. The monoisotopic (exact) mass is 285 g/mol. The third kappa shape index (κ3) is 5.69. The number of hydrogen-bond acceptors (Lipinski definition) is 4. The Morgan fingerprint density at radius 3 is 2.74 bits per heavy atom. The fraction of sp³-hybridized carbons (Fsp3) is 0.583. The molecular formula is C12H19N3O3S. The summed E-state index contributed by atoms with van der Waals surface area (Å²) in [4.78, 5) is 26.6. The molecule has 1 heterocycles. The van der Waals surface area contributed by atoms with Gasteiger partial charge in [0.1, 0.15) is 5.01 Å². The van der Waals surface area contributed by atoms with Crippen molar-refractivity contribution in [2.75, 3.05) is 0 Å². The molecule has 0 saturated carbocycles. The van der Waals surface area contributed by atoms with Crippen LogP contribution >= 0.6 is 11.3 Å². The van der Waals surface area contributed by atoms with E-state index in [0.29, 0.717) is 6.42 Å². The molecule has 0 radical (unpaired) electrons. The van der Waals surface area contributed by atoms with Crippen molar-refractivity contribution in [1.82, 2.24) is 15.6 Å². The first-order chi connectivity index (χ1) is 9.02. The van der Waals surface area contributed by atoms with E-state index in [-0.39, 0.29) is 24.5 Å². The molecule has 6 nitrogen and oxygen atoms in total. The minimum atomic E-state index is -0.910. The first-order valence-corrected chi connectivity index (χ1v) is 7.09. The van der Waals surface area contributed by atoms with Gasteiger partial charge in [0.15, 0.2) is 0 Å². The lowest BCUT2D eigenvalue weighted by atomic mass is 10.1. The molecule has 1 aromatic rings. The molecule has 0 aliphatic heterocycles. The van der Waals surface area contributed by atoms with Crippen LogP contribution in [0.25, 0.3) is 0 Å². The summed E-state index contributed by atoms with van der Waals surface area (Å²) in [6.45, 7) is 3.79. The highest BCUT2D eigenvalue weighted by molar-refractivity contribution is 7.09. The van der Waals surface area contributed by atoms with Crippen LogP contribution in [0.5, 0.6) is 0 Å². The van der Waals surface area contributed by atoms with Gasteiger partial charge in [-0.05, 0) is 13.3 Å². The second kappa shape index (κ2) is 7.73. The van der Waals surface area contributed by atoms with Gasteiger partial charge in [-0.15, -0.1) is 11.3 Å². The molecule has 7 heteroatoms. The molecule has 106 valence electrons. The van der Waals surface area contributed by atoms with Crippen molar-refractivity contribution in [3.8, 4) is 0 Å². The van der Waals surface area contributed by atoms with Gasteiger partial charge >= 0.3 is 12.0 Å². The number of nitrogens with zero attached hydrogens (tertiary/aromatic N) is 1. The molecule has 2 amide bonds. The zero-order valence-electron chi connectivity index (χ0n) is 11.0. The van der Waals surface area contributed by atoms with E-state index >= 15 is 0 Å². The van der Waals surface area contributed by atoms with Gasteiger partial charge in [-0.1, -0.05) is 13.3 Å². The van der Waals surface area contributed by atoms with Gasteiger partial charge in [-0.3, -0.25) is 4.79 Å². The standard InChI is InChI=1S/C12H19N3O3S/c1-3-4-9(7-10(16)17)15-12(18)14-8(2)11-13-5-6-19-11/h5-6,8-9H,3-4,7H2,1-2H3,(H,16,17)(H2,14,15,18). The summed E-state index contributed by atoms with van der Waals surface area (Å²) < 4.78 is 0. The predicted molar refractivity (Wildman–Crippen MR) is 73.1 cm³/mol. The average Bonchev–Trinajstić information content (AvgIpc) is 2.81. The predicted octanol–water partition coefficient (Wildman–Crippen LogP) is 2.15. The highest BCUT2D eigenvalue weighted by Crippen LogP contribution is 2.14. The van der Waals surface area contributed by atoms with E-state index in [2.05, 4.69) is 15.6 Å². The molecule has 0 saturated heterocycles. The van der Waals surface area contributed by atoms with Gasteiger partial charge in [0.25, 0.3) is 0 Å². The van der Waals surface area contributed by atoms with Crippen LogP contribution in [-0.4, -0.2) is 28.1 Å². The van der Waals surface area contributed by atoms with Crippen molar-refractivity contribution in [2.24, 2.45) is 0 Å². The normalized spacial score (nSPS) is 13.6. The maximum atomic E-state index is 11.8. The van der Waals surface area contributed by atoms with E-state index in [0.717, 1.165) is 11.4 Å². The number of hydrogen-bond donors (Lipinski definition) is 3. The number of aliphatic carboxylic acids is 1. The molecule has 0 aliphatic rings. The summed E-state index contributed by atoms with van der Waals surface area (Å²) in [5, 5.41) is 16.9. The molecule has 1 rings (SSSR count). The van der Waals surface area contributed by atoms with Crippen LogP contribution in [0.1, 0.15) is 44.2 Å². The van der Waals surface area contributed by atoms with Crippen LogP contribution in [0.15, 0.2) is 11.6 Å². The van der Waals surface area contributed by atoms with Crippen molar-refractivity contribution in [1.29, 1.82) is 0 Å². The number of nitrogens with one attached hydrogen (secondary N) is 2. The minimum absolute atomic E-state index is 0.0626. The maximum absolute atomic E-state index is 11.8. The van der Waals surface area contributed by atoms with Crippen molar-refractivity contribution >= 4 is 23.3 Å². The molecule has 0 aliphatic carbocycles. The summed E-state index contributed by atoms with van der Waals surface area (Å²) in [5.41, 5.74) is 0. The van der Waals surface area contributed by atoms with Crippen molar-refractivity contribution < 1.29 is 14.7 Å². The smallest absolute Gasteiger partial charge is 0.315 e. The fourth-order valence-corrected chi connectivity index (χ4v) is 2.36. The number of amides is 2. The summed E-state index contributed by atoms with van der Waals surface area (Å²) in [5.74, 6) is -0.910. The van der Waals surface area contributed by atoms with Crippen LogP contribution in [0.4, 0.5) is 4.79 Å². The van der Waals surface area contributed by atoms with Gasteiger partial charge in [0, 0.05) is 17.6 Å². The highest BCUT2D eigenvalue weighted by Gasteiger charge is 2.17. The summed E-state index contributed by atoms with van der Waals surface area (Å²) in [7, 11) is 0. The molecule has 1 aromatic heterocycles. The summed E-state index contributed by atoms with van der Waals surface area (Å²) in [6.07, 6.45) is 3.08. The van der Waals surface area contributed by atoms with E-state index < -0.39 is 5.97 Å². The lowest BCUT2D eigenvalue weighted by molar-refractivity contribution is -0.137. The Hall–Kier alpha value is -1.63. The van der Waals surface area contributed by atoms with Gasteiger partial charge in [-0.2, -0.15) is 0 Å². The Morgan fingerprint density at radius 1 is 1.47 bits per heavy atom. The summed E-state index contributed by atoms with van der Waals surface area (Å²) in [6, 6.07) is -0.888. The van der Waals surface area contributed by atoms with Crippen molar-refractivity contribution in [2.45, 2.75) is 45.2 Å². The molecule has 0 fully saturated rings. The van der Waals surface area contributed by atoms with Gasteiger partial charge in [0.2, 0.25) is 0 Å². The third-order valence-electron chi connectivity index (χ3n) is 2.56. The number of carboxylic acid groups (broad SMARTS) is 1.